The molecule has 1 aromatic rings. The molecule has 1 fully saturated rings. The molecule has 8 heteroatoms. The topological polar surface area (TPSA) is 77.5 Å². The maximum atomic E-state index is 12.5. The zero-order valence-corrected chi connectivity index (χ0v) is 12.7. The lowest BCUT2D eigenvalue weighted by molar-refractivity contribution is -0.312. The van der Waals surface area contributed by atoms with E-state index in [-0.39, 0.29) is 28.0 Å². The number of benzene rings is 1. The van der Waals surface area contributed by atoms with Crippen molar-refractivity contribution >= 4 is 39.2 Å². The van der Waals surface area contributed by atoms with Gasteiger partial charge >= 0.3 is 0 Å². The van der Waals surface area contributed by atoms with E-state index in [0.29, 0.717) is 12.8 Å². The van der Waals surface area contributed by atoms with Crippen LogP contribution in [0, 0.1) is 5.92 Å². The van der Waals surface area contributed by atoms with E-state index in [1.54, 1.807) is 0 Å². The first-order chi connectivity index (χ1) is 9.32. The van der Waals surface area contributed by atoms with Crippen LogP contribution in [-0.4, -0.2) is 31.8 Å². The van der Waals surface area contributed by atoms with Crippen LogP contribution in [0.2, 0.25) is 10.0 Å². The molecule has 0 bridgehead atoms. The minimum absolute atomic E-state index is 0.0602. The summed E-state index contributed by atoms with van der Waals surface area (Å²) < 4.78 is 26.1. The Balaban J connectivity index is 2.35. The van der Waals surface area contributed by atoms with Gasteiger partial charge in [-0.3, -0.25) is 0 Å². The van der Waals surface area contributed by atoms with Crippen LogP contribution in [0.4, 0.5) is 0 Å². The Morgan fingerprint density at radius 3 is 2.70 bits per heavy atom. The molecule has 0 N–H and O–H groups in total. The summed E-state index contributed by atoms with van der Waals surface area (Å²) in [5, 5.41) is 11.2. The van der Waals surface area contributed by atoms with E-state index in [9.17, 15) is 18.3 Å². The fourth-order valence-electron chi connectivity index (χ4n) is 2.17. The van der Waals surface area contributed by atoms with Crippen molar-refractivity contribution in [1.29, 1.82) is 0 Å². The molecule has 110 valence electrons. The van der Waals surface area contributed by atoms with Gasteiger partial charge in [0.05, 0.1) is 5.02 Å². The third-order valence-electron chi connectivity index (χ3n) is 3.23. The molecule has 0 saturated carbocycles. The molecule has 0 radical (unpaired) electrons. The normalized spacial score (nSPS) is 20.8. The molecule has 0 aromatic heterocycles. The van der Waals surface area contributed by atoms with Gasteiger partial charge in [0, 0.05) is 30.0 Å². The Morgan fingerprint density at radius 2 is 2.05 bits per heavy atom. The van der Waals surface area contributed by atoms with Gasteiger partial charge in [0.15, 0.2) is 0 Å². The van der Waals surface area contributed by atoms with E-state index in [0.717, 1.165) is 4.31 Å². The summed E-state index contributed by atoms with van der Waals surface area (Å²) in [5.41, 5.74) is 0. The molecule has 0 amide bonds. The molecule has 1 heterocycles. The number of carboxylic acids is 1. The first-order valence-corrected chi connectivity index (χ1v) is 8.18. The van der Waals surface area contributed by atoms with Crippen molar-refractivity contribution in [2.45, 2.75) is 17.7 Å². The summed E-state index contributed by atoms with van der Waals surface area (Å²) in [7, 11) is -3.86. The maximum Gasteiger partial charge on any atom is 0.244 e. The largest absolute Gasteiger partial charge is 0.550 e. The summed E-state index contributed by atoms with van der Waals surface area (Å²) >= 11 is 11.7. The minimum Gasteiger partial charge on any atom is -0.550 e. The van der Waals surface area contributed by atoms with Crippen molar-refractivity contribution < 1.29 is 18.3 Å². The number of carbonyl (C=O) groups is 1. The second kappa shape index (κ2) is 5.89. The van der Waals surface area contributed by atoms with Gasteiger partial charge in [-0.1, -0.05) is 23.2 Å². The average molecular weight is 337 g/mol. The van der Waals surface area contributed by atoms with Gasteiger partial charge in [-0.2, -0.15) is 4.31 Å². The average Bonchev–Trinajstić information content (AvgIpc) is 2.41. The van der Waals surface area contributed by atoms with Crippen molar-refractivity contribution in [2.24, 2.45) is 5.92 Å². The van der Waals surface area contributed by atoms with E-state index < -0.39 is 21.9 Å². The van der Waals surface area contributed by atoms with Gasteiger partial charge in [0.1, 0.15) is 4.90 Å². The Bertz CT molecular complexity index is 632. The quantitative estimate of drug-likeness (QED) is 0.829. The molecule has 0 aliphatic carbocycles. The number of hydrogen-bond donors (Lipinski definition) is 0. The molecular weight excluding hydrogens is 325 g/mol. The van der Waals surface area contributed by atoms with Crippen LogP contribution in [-0.2, 0) is 14.8 Å². The smallest absolute Gasteiger partial charge is 0.244 e. The molecular formula is C12H12Cl2NO4S-. The van der Waals surface area contributed by atoms with Gasteiger partial charge in [0.25, 0.3) is 0 Å². The lowest BCUT2D eigenvalue weighted by Crippen LogP contribution is -2.46. The highest BCUT2D eigenvalue weighted by Crippen LogP contribution is 2.30. The highest BCUT2D eigenvalue weighted by Gasteiger charge is 2.32. The summed E-state index contributed by atoms with van der Waals surface area (Å²) in [5.74, 6) is -2.03. The predicted octanol–water partition coefficient (Wildman–Crippen LogP) is 1.14. The Labute approximate surface area is 127 Å². The van der Waals surface area contributed by atoms with E-state index in [1.165, 1.54) is 18.2 Å². The van der Waals surface area contributed by atoms with Crippen molar-refractivity contribution in [3.63, 3.8) is 0 Å². The highest BCUT2D eigenvalue weighted by atomic mass is 35.5. The minimum atomic E-state index is -3.86. The number of sulfonamides is 1. The molecule has 5 nitrogen and oxygen atoms in total. The molecule has 1 atom stereocenters. The summed E-state index contributed by atoms with van der Waals surface area (Å²) in [6.07, 6.45) is 0.883. The van der Waals surface area contributed by atoms with Crippen LogP contribution in [0.5, 0.6) is 0 Å². The van der Waals surface area contributed by atoms with Crippen LogP contribution in [0.1, 0.15) is 12.8 Å². The number of aliphatic carboxylic acids is 1. The second-order valence-corrected chi connectivity index (χ2v) is 7.35. The standard InChI is InChI=1S/C12H13Cl2NO4S/c13-9-3-4-10(14)11(6-9)20(18,19)15-5-1-2-8(7-15)12(16)17/h3-4,6,8H,1-2,5,7H2,(H,16,17)/p-1/t8-/m0/s1. The lowest BCUT2D eigenvalue weighted by atomic mass is 10.0. The van der Waals surface area contributed by atoms with Crippen LogP contribution in [0.25, 0.3) is 0 Å². The van der Waals surface area contributed by atoms with Crippen molar-refractivity contribution in [3.8, 4) is 0 Å². The number of hydrogen-bond acceptors (Lipinski definition) is 4. The van der Waals surface area contributed by atoms with Gasteiger partial charge in [-0.15, -0.1) is 0 Å². The Kier molecular flexibility index (Phi) is 4.59. The number of rotatable bonds is 3. The van der Waals surface area contributed by atoms with Crippen LogP contribution in [0.15, 0.2) is 23.1 Å². The fraction of sp³-hybridized carbons (Fsp3) is 0.417. The van der Waals surface area contributed by atoms with Crippen molar-refractivity contribution in [2.75, 3.05) is 13.1 Å². The molecule has 0 spiro atoms. The number of halogens is 2. The summed E-state index contributed by atoms with van der Waals surface area (Å²) in [6.45, 7) is 0.155. The number of nitrogens with zero attached hydrogens (tertiary/aromatic N) is 1. The van der Waals surface area contributed by atoms with Crippen LogP contribution in [0.3, 0.4) is 0 Å². The summed E-state index contributed by atoms with van der Waals surface area (Å²) in [6, 6.07) is 4.15. The molecule has 1 saturated heterocycles. The fourth-order valence-corrected chi connectivity index (χ4v) is 4.43. The van der Waals surface area contributed by atoms with Crippen LogP contribution < -0.4 is 5.11 Å². The molecule has 1 aromatic carbocycles. The van der Waals surface area contributed by atoms with Gasteiger partial charge in [-0.05, 0) is 31.0 Å². The first kappa shape index (κ1) is 15.6. The van der Waals surface area contributed by atoms with E-state index >= 15 is 0 Å². The predicted molar refractivity (Wildman–Crippen MR) is 73.0 cm³/mol. The zero-order chi connectivity index (χ0) is 14.9. The number of carbonyl (C=O) groups excluding carboxylic acids is 1. The molecule has 1 aliphatic rings. The van der Waals surface area contributed by atoms with Gasteiger partial charge in [0.2, 0.25) is 10.0 Å². The van der Waals surface area contributed by atoms with E-state index in [4.69, 9.17) is 23.2 Å². The third-order valence-corrected chi connectivity index (χ3v) is 5.81. The summed E-state index contributed by atoms with van der Waals surface area (Å²) in [4.78, 5) is 10.8. The lowest BCUT2D eigenvalue weighted by Gasteiger charge is -2.32. The molecule has 20 heavy (non-hydrogen) atoms. The molecule has 0 unspecified atom stereocenters. The third kappa shape index (κ3) is 3.09. The van der Waals surface area contributed by atoms with Gasteiger partial charge < -0.3 is 9.90 Å². The van der Waals surface area contributed by atoms with Crippen LogP contribution >= 0.6 is 23.2 Å². The van der Waals surface area contributed by atoms with E-state index in [2.05, 4.69) is 0 Å². The monoisotopic (exact) mass is 336 g/mol. The Morgan fingerprint density at radius 1 is 1.35 bits per heavy atom. The first-order valence-electron chi connectivity index (χ1n) is 5.98. The van der Waals surface area contributed by atoms with Crippen molar-refractivity contribution in [3.05, 3.63) is 28.2 Å². The highest BCUT2D eigenvalue weighted by molar-refractivity contribution is 7.89. The SMILES string of the molecule is O=C([O-])[C@H]1CCCN(S(=O)(=O)c2cc(Cl)ccc2Cl)C1. The van der Waals surface area contributed by atoms with E-state index in [1.807, 2.05) is 0 Å². The Hall–Kier alpha value is -0.820. The number of carboxylic acid groups (broad SMARTS) is 1. The van der Waals surface area contributed by atoms with Crippen molar-refractivity contribution in [1.82, 2.24) is 4.31 Å². The maximum absolute atomic E-state index is 12.5. The number of piperidine rings is 1. The molecule has 2 rings (SSSR count). The second-order valence-electron chi connectivity index (χ2n) is 4.60. The molecule has 1 aliphatic heterocycles. The zero-order valence-electron chi connectivity index (χ0n) is 10.4. The van der Waals surface area contributed by atoms with Gasteiger partial charge in [-0.25, -0.2) is 8.42 Å².